The molecule has 0 radical (unpaired) electrons. The van der Waals surface area contributed by atoms with Crippen molar-refractivity contribution in [2.45, 2.75) is 37.2 Å². The third-order valence-corrected chi connectivity index (χ3v) is 5.41. The van der Waals surface area contributed by atoms with Crippen molar-refractivity contribution in [3.8, 4) is 0 Å². The van der Waals surface area contributed by atoms with Crippen LogP contribution in [0.4, 0.5) is 5.69 Å². The van der Waals surface area contributed by atoms with Crippen molar-refractivity contribution in [2.24, 2.45) is 0 Å². The molecule has 0 aromatic carbocycles. The third kappa shape index (κ3) is 2.87. The number of nitrogens with zero attached hydrogens (tertiary/aromatic N) is 1. The van der Waals surface area contributed by atoms with Crippen LogP contribution < -0.4 is 10.0 Å². The highest BCUT2D eigenvalue weighted by molar-refractivity contribution is 7.92. The molecule has 3 N–H and O–H groups in total. The van der Waals surface area contributed by atoms with E-state index in [4.69, 9.17) is 0 Å². The van der Waals surface area contributed by atoms with Gasteiger partial charge in [-0.3, -0.25) is 9.82 Å². The molecule has 1 fully saturated rings. The number of thiophene rings is 1. The van der Waals surface area contributed by atoms with Crippen molar-refractivity contribution < 1.29 is 8.42 Å². The van der Waals surface area contributed by atoms with E-state index in [9.17, 15) is 8.42 Å². The first-order valence-electron chi connectivity index (χ1n) is 6.38. The number of aryl methyl sites for hydroxylation is 1. The molecular weight excluding hydrogens is 296 g/mol. The van der Waals surface area contributed by atoms with E-state index >= 15 is 0 Å². The molecule has 1 aliphatic rings. The van der Waals surface area contributed by atoms with Crippen LogP contribution in [0.1, 0.15) is 24.2 Å². The summed E-state index contributed by atoms with van der Waals surface area (Å²) in [6.07, 6.45) is 2.30. The van der Waals surface area contributed by atoms with Crippen LogP contribution in [0.15, 0.2) is 21.7 Å². The van der Waals surface area contributed by atoms with Gasteiger partial charge in [-0.25, -0.2) is 8.42 Å². The molecule has 0 bridgehead atoms. The second kappa shape index (κ2) is 5.19. The monoisotopic (exact) mass is 312 g/mol. The van der Waals surface area contributed by atoms with E-state index < -0.39 is 10.0 Å². The molecule has 0 amide bonds. The van der Waals surface area contributed by atoms with E-state index in [-0.39, 0.29) is 4.90 Å². The average molecular weight is 312 g/mol. The molecule has 0 saturated heterocycles. The zero-order valence-electron chi connectivity index (χ0n) is 11.0. The molecule has 1 aliphatic carbocycles. The topological polar surface area (TPSA) is 86.9 Å². The van der Waals surface area contributed by atoms with Gasteiger partial charge in [0.1, 0.15) is 4.90 Å². The summed E-state index contributed by atoms with van der Waals surface area (Å²) in [5.41, 5.74) is 1.68. The van der Waals surface area contributed by atoms with Gasteiger partial charge in [-0.1, -0.05) is 0 Å². The second-order valence-electron chi connectivity index (χ2n) is 4.90. The summed E-state index contributed by atoms with van der Waals surface area (Å²) >= 11 is 1.45. The van der Waals surface area contributed by atoms with Crippen LogP contribution in [0.25, 0.3) is 0 Å². The van der Waals surface area contributed by atoms with Crippen molar-refractivity contribution >= 4 is 27.0 Å². The Kier molecular flexibility index (Phi) is 3.53. The van der Waals surface area contributed by atoms with Gasteiger partial charge in [-0.05, 0) is 31.2 Å². The Balaban J connectivity index is 1.85. The Labute approximate surface area is 121 Å². The smallest absolute Gasteiger partial charge is 0.265 e. The molecular formula is C12H16N4O2S2. The fourth-order valence-corrected chi connectivity index (χ4v) is 4.08. The van der Waals surface area contributed by atoms with E-state index in [1.54, 1.807) is 18.4 Å². The van der Waals surface area contributed by atoms with Gasteiger partial charge in [0.15, 0.2) is 0 Å². The van der Waals surface area contributed by atoms with Gasteiger partial charge in [0.25, 0.3) is 10.0 Å². The summed E-state index contributed by atoms with van der Waals surface area (Å²) < 4.78 is 27.5. The first-order valence-corrected chi connectivity index (χ1v) is 8.81. The summed E-state index contributed by atoms with van der Waals surface area (Å²) in [5, 5.41) is 13.7. The molecule has 108 valence electrons. The molecule has 6 nitrogen and oxygen atoms in total. The summed E-state index contributed by atoms with van der Waals surface area (Å²) in [4.78, 5) is 0.247. The number of hydrogen-bond acceptors (Lipinski definition) is 5. The second-order valence-corrected chi connectivity index (χ2v) is 7.30. The average Bonchev–Trinajstić information content (AvgIpc) is 2.94. The van der Waals surface area contributed by atoms with Crippen LogP contribution in [-0.4, -0.2) is 24.7 Å². The minimum absolute atomic E-state index is 0.247. The molecule has 2 aromatic heterocycles. The lowest BCUT2D eigenvalue weighted by molar-refractivity contribution is 0.596. The highest BCUT2D eigenvalue weighted by atomic mass is 32.2. The van der Waals surface area contributed by atoms with Crippen LogP contribution in [0.5, 0.6) is 0 Å². The normalized spacial score (nSPS) is 15.4. The fraction of sp³-hybridized carbons (Fsp3) is 0.417. The largest absolute Gasteiger partial charge is 0.308 e. The van der Waals surface area contributed by atoms with Gasteiger partial charge in [-0.15, -0.1) is 0 Å². The lowest BCUT2D eigenvalue weighted by Crippen LogP contribution is -2.20. The number of nitrogens with one attached hydrogen (secondary N) is 3. The van der Waals surface area contributed by atoms with E-state index in [0.717, 1.165) is 12.8 Å². The first kappa shape index (κ1) is 13.6. The van der Waals surface area contributed by atoms with Crippen LogP contribution in [0, 0.1) is 6.92 Å². The minimum atomic E-state index is -3.61. The van der Waals surface area contributed by atoms with Gasteiger partial charge < -0.3 is 5.32 Å². The van der Waals surface area contributed by atoms with Gasteiger partial charge in [0, 0.05) is 18.0 Å². The van der Waals surface area contributed by atoms with Gasteiger partial charge in [0.2, 0.25) is 0 Å². The fourth-order valence-electron chi connectivity index (χ4n) is 2.00. The maximum absolute atomic E-state index is 12.5. The molecule has 0 aliphatic heterocycles. The lowest BCUT2D eigenvalue weighted by Gasteiger charge is -2.08. The van der Waals surface area contributed by atoms with Crippen LogP contribution >= 0.6 is 11.3 Å². The van der Waals surface area contributed by atoms with Crippen LogP contribution in [0.2, 0.25) is 0 Å². The number of aromatic amines is 1. The van der Waals surface area contributed by atoms with E-state index in [1.807, 2.05) is 5.38 Å². The number of hydrogen-bond donors (Lipinski definition) is 3. The van der Waals surface area contributed by atoms with Gasteiger partial charge in [0.05, 0.1) is 17.1 Å². The standard InChI is InChI=1S/C12H16N4O2S2/c1-8-12(11(15-14-8)6-13-9-2-3-9)20(17,18)16-10-4-5-19-7-10/h4-5,7,9,13,16H,2-3,6H2,1H3,(H,14,15). The highest BCUT2D eigenvalue weighted by Gasteiger charge is 2.26. The van der Waals surface area contributed by atoms with Gasteiger partial charge in [-0.2, -0.15) is 16.4 Å². The number of anilines is 1. The Morgan fingerprint density at radius 2 is 2.30 bits per heavy atom. The van der Waals surface area contributed by atoms with Crippen molar-refractivity contribution in [1.82, 2.24) is 15.5 Å². The summed E-state index contributed by atoms with van der Waals surface area (Å²) in [5.74, 6) is 0. The van der Waals surface area contributed by atoms with Crippen LogP contribution in [0.3, 0.4) is 0 Å². The first-order chi connectivity index (χ1) is 9.56. The zero-order chi connectivity index (χ0) is 14.2. The molecule has 20 heavy (non-hydrogen) atoms. The molecule has 0 unspecified atom stereocenters. The van der Waals surface area contributed by atoms with Crippen LogP contribution in [-0.2, 0) is 16.6 Å². The molecule has 3 rings (SSSR count). The van der Waals surface area contributed by atoms with Crippen molar-refractivity contribution in [3.63, 3.8) is 0 Å². The Morgan fingerprint density at radius 3 is 2.95 bits per heavy atom. The molecule has 0 spiro atoms. The molecule has 0 atom stereocenters. The number of H-pyrrole nitrogens is 1. The Hall–Kier alpha value is -1.38. The zero-order valence-corrected chi connectivity index (χ0v) is 12.6. The molecule has 2 aromatic rings. The molecule has 2 heterocycles. The van der Waals surface area contributed by atoms with Crippen molar-refractivity contribution in [3.05, 3.63) is 28.2 Å². The highest BCUT2D eigenvalue weighted by Crippen LogP contribution is 2.24. The van der Waals surface area contributed by atoms with Crippen molar-refractivity contribution in [2.75, 3.05) is 4.72 Å². The van der Waals surface area contributed by atoms with Crippen molar-refractivity contribution in [1.29, 1.82) is 0 Å². The Morgan fingerprint density at radius 1 is 1.50 bits per heavy atom. The number of aromatic nitrogens is 2. The molecule has 8 heteroatoms. The maximum Gasteiger partial charge on any atom is 0.265 e. The Bertz CT molecular complexity index is 687. The minimum Gasteiger partial charge on any atom is -0.308 e. The number of sulfonamides is 1. The predicted molar refractivity (Wildman–Crippen MR) is 78.3 cm³/mol. The van der Waals surface area contributed by atoms with E-state index in [2.05, 4.69) is 20.2 Å². The molecule has 1 saturated carbocycles. The maximum atomic E-state index is 12.5. The quantitative estimate of drug-likeness (QED) is 0.759. The lowest BCUT2D eigenvalue weighted by atomic mass is 10.3. The number of rotatable bonds is 6. The van der Waals surface area contributed by atoms with E-state index in [0.29, 0.717) is 29.7 Å². The SMILES string of the molecule is Cc1[nH]nc(CNC2CC2)c1S(=O)(=O)Nc1ccsc1. The third-order valence-electron chi connectivity index (χ3n) is 3.14. The van der Waals surface area contributed by atoms with E-state index in [1.165, 1.54) is 11.3 Å². The summed E-state index contributed by atoms with van der Waals surface area (Å²) in [6, 6.07) is 2.24. The summed E-state index contributed by atoms with van der Waals surface area (Å²) in [6.45, 7) is 2.19. The summed E-state index contributed by atoms with van der Waals surface area (Å²) in [7, 11) is -3.61. The van der Waals surface area contributed by atoms with Gasteiger partial charge >= 0.3 is 0 Å². The predicted octanol–water partition coefficient (Wildman–Crippen LogP) is 1.83.